The van der Waals surface area contributed by atoms with Crippen molar-refractivity contribution in [1.82, 2.24) is 4.57 Å². The molecular formula is C19H21N2O2PS2. The maximum Gasteiger partial charge on any atom is 0.416 e. The van der Waals surface area contributed by atoms with Gasteiger partial charge in [-0.1, -0.05) is 36.4 Å². The lowest BCUT2D eigenvalue weighted by Crippen LogP contribution is -2.14. The van der Waals surface area contributed by atoms with Crippen molar-refractivity contribution in [3.8, 4) is 11.5 Å². The first kappa shape index (κ1) is 18.9. The Hall–Kier alpha value is -1.88. The summed E-state index contributed by atoms with van der Waals surface area (Å²) in [5, 5.41) is 1.99. The van der Waals surface area contributed by atoms with Crippen molar-refractivity contribution < 1.29 is 9.05 Å². The fraction of sp³-hybridized carbons (Fsp3) is 0.211. The van der Waals surface area contributed by atoms with Crippen molar-refractivity contribution in [2.75, 3.05) is 0 Å². The monoisotopic (exact) mass is 404 g/mol. The van der Waals surface area contributed by atoms with E-state index in [4.69, 9.17) is 25.6 Å². The smallest absolute Gasteiger partial charge is 0.416 e. The Bertz CT molecular complexity index is 959. The second kappa shape index (κ2) is 8.21. The Kier molecular flexibility index (Phi) is 5.97. The van der Waals surface area contributed by atoms with Crippen LogP contribution < -0.4 is 13.8 Å². The van der Waals surface area contributed by atoms with Crippen LogP contribution in [-0.4, -0.2) is 4.57 Å². The largest absolute Gasteiger partial charge is 0.419 e. The van der Waals surface area contributed by atoms with E-state index in [9.17, 15) is 0 Å². The molecule has 0 atom stereocenters. The predicted octanol–water partition coefficient (Wildman–Crippen LogP) is 5.47. The summed E-state index contributed by atoms with van der Waals surface area (Å²) >= 11 is 7.36. The molecular weight excluding hydrogens is 383 g/mol. The molecule has 3 rings (SSSR count). The highest BCUT2D eigenvalue weighted by Crippen LogP contribution is 2.51. The van der Waals surface area contributed by atoms with E-state index in [0.717, 1.165) is 22.5 Å². The molecule has 0 spiro atoms. The number of hydrogen-bond acceptors (Lipinski definition) is 4. The zero-order valence-electron chi connectivity index (χ0n) is 15.0. The summed E-state index contributed by atoms with van der Waals surface area (Å²) in [7, 11) is 0. The molecule has 0 aliphatic heterocycles. The number of rotatable bonds is 6. The van der Waals surface area contributed by atoms with Gasteiger partial charge in [0.05, 0.1) is 0 Å². The van der Waals surface area contributed by atoms with Crippen LogP contribution in [0.25, 0.3) is 0 Å². The van der Waals surface area contributed by atoms with Gasteiger partial charge in [-0.25, -0.2) is 0 Å². The molecule has 0 bridgehead atoms. The van der Waals surface area contributed by atoms with Crippen LogP contribution in [0.2, 0.25) is 0 Å². The van der Waals surface area contributed by atoms with Crippen molar-refractivity contribution in [3.05, 3.63) is 76.0 Å². The number of thiazole rings is 1. The average molecular weight is 404 g/mol. The summed E-state index contributed by atoms with van der Waals surface area (Å²) in [5.74, 6) is 1.40. The van der Waals surface area contributed by atoms with E-state index in [2.05, 4.69) is 6.92 Å². The number of aromatic nitrogens is 1. The van der Waals surface area contributed by atoms with Gasteiger partial charge in [0.15, 0.2) is 4.80 Å². The van der Waals surface area contributed by atoms with Crippen LogP contribution in [0.3, 0.4) is 0 Å². The summed E-state index contributed by atoms with van der Waals surface area (Å²) < 4.78 is 19.2. The highest BCUT2D eigenvalue weighted by Gasteiger charge is 2.24. The molecule has 0 saturated heterocycles. The molecule has 4 nitrogen and oxygen atoms in total. The standard InChI is InChI=1S/C19H21N2O2PS2/c1-4-21-13-14-26-19(21)20-24(25,22-17-11-7-5-9-15(17)2)23-18-12-8-6-10-16(18)3/h5-14H,4H2,1-3H3/b20-19-. The van der Waals surface area contributed by atoms with Crippen molar-refractivity contribution in [3.63, 3.8) is 0 Å². The van der Waals surface area contributed by atoms with Crippen molar-refractivity contribution >= 4 is 29.8 Å². The second-order valence-electron chi connectivity index (χ2n) is 5.75. The molecule has 0 saturated carbocycles. The van der Waals surface area contributed by atoms with Crippen LogP contribution in [0, 0.1) is 13.8 Å². The molecule has 0 amide bonds. The molecule has 26 heavy (non-hydrogen) atoms. The number of aryl methyl sites for hydroxylation is 3. The van der Waals surface area contributed by atoms with Crippen molar-refractivity contribution in [1.29, 1.82) is 0 Å². The second-order valence-corrected chi connectivity index (χ2v) is 9.51. The summed E-state index contributed by atoms with van der Waals surface area (Å²) in [6.45, 7) is 3.86. The molecule has 1 heterocycles. The van der Waals surface area contributed by atoms with Gasteiger partial charge in [-0.2, -0.15) is 4.76 Å². The zero-order valence-corrected chi connectivity index (χ0v) is 17.5. The predicted molar refractivity (Wildman–Crippen MR) is 111 cm³/mol. The van der Waals surface area contributed by atoms with Crippen LogP contribution in [0.5, 0.6) is 11.5 Å². The van der Waals surface area contributed by atoms with Gasteiger partial charge in [0, 0.05) is 29.9 Å². The van der Waals surface area contributed by atoms with E-state index < -0.39 is 6.64 Å². The topological polar surface area (TPSA) is 35.8 Å². The third-order valence-corrected chi connectivity index (χ3v) is 6.73. The van der Waals surface area contributed by atoms with Crippen LogP contribution in [-0.2, 0) is 18.4 Å². The van der Waals surface area contributed by atoms with E-state index >= 15 is 0 Å². The molecule has 1 aromatic heterocycles. The summed E-state index contributed by atoms with van der Waals surface area (Å²) in [5.41, 5.74) is 2.00. The van der Waals surface area contributed by atoms with Gasteiger partial charge >= 0.3 is 6.64 Å². The van der Waals surface area contributed by atoms with E-state index in [0.29, 0.717) is 11.5 Å². The van der Waals surface area contributed by atoms with E-state index in [-0.39, 0.29) is 0 Å². The average Bonchev–Trinajstić information content (AvgIpc) is 3.06. The minimum absolute atomic E-state index is 0.702. The molecule has 2 aromatic carbocycles. The molecule has 0 fully saturated rings. The lowest BCUT2D eigenvalue weighted by Gasteiger charge is -2.21. The highest BCUT2D eigenvalue weighted by molar-refractivity contribution is 8.09. The quantitative estimate of drug-likeness (QED) is 0.511. The van der Waals surface area contributed by atoms with Gasteiger partial charge in [0.1, 0.15) is 11.5 Å². The van der Waals surface area contributed by atoms with Crippen LogP contribution >= 0.6 is 18.0 Å². The molecule has 0 aliphatic carbocycles. The first-order chi connectivity index (χ1) is 12.5. The maximum absolute atomic E-state index is 6.19. The van der Waals surface area contributed by atoms with E-state index in [1.165, 1.54) is 11.3 Å². The van der Waals surface area contributed by atoms with Gasteiger partial charge in [-0.05, 0) is 44.0 Å². The van der Waals surface area contributed by atoms with Gasteiger partial charge in [-0.15, -0.1) is 11.3 Å². The third-order valence-electron chi connectivity index (χ3n) is 3.82. The van der Waals surface area contributed by atoms with E-state index in [1.54, 1.807) is 0 Å². The molecule has 0 unspecified atom stereocenters. The maximum atomic E-state index is 6.19. The van der Waals surface area contributed by atoms with Gasteiger partial charge in [0.2, 0.25) is 0 Å². The number of hydrogen-bond donors (Lipinski definition) is 0. The Balaban J connectivity index is 2.06. The molecule has 3 aromatic rings. The lowest BCUT2D eigenvalue weighted by atomic mass is 10.2. The van der Waals surface area contributed by atoms with Gasteiger partial charge in [0.25, 0.3) is 0 Å². The minimum Gasteiger partial charge on any atom is -0.419 e. The fourth-order valence-corrected chi connectivity index (χ4v) is 5.73. The fourth-order valence-electron chi connectivity index (χ4n) is 2.35. The van der Waals surface area contributed by atoms with Crippen LogP contribution in [0.15, 0.2) is 64.9 Å². The summed E-state index contributed by atoms with van der Waals surface area (Å²) in [6, 6.07) is 15.6. The molecule has 136 valence electrons. The highest BCUT2D eigenvalue weighted by atomic mass is 32.5. The Morgan fingerprint density at radius 3 is 2.04 bits per heavy atom. The number of para-hydroxylation sites is 2. The summed E-state index contributed by atoms with van der Waals surface area (Å²) in [4.78, 5) is 0.804. The Morgan fingerprint density at radius 1 is 1.00 bits per heavy atom. The first-order valence-electron chi connectivity index (χ1n) is 8.31. The van der Waals surface area contributed by atoms with Gasteiger partial charge in [-0.3, -0.25) is 0 Å². The number of benzene rings is 2. The zero-order chi connectivity index (χ0) is 18.6. The molecule has 0 N–H and O–H groups in total. The third kappa shape index (κ3) is 4.44. The first-order valence-corrected chi connectivity index (χ1v) is 11.8. The summed E-state index contributed by atoms with van der Waals surface area (Å²) in [6.07, 6.45) is 1.99. The molecule has 0 radical (unpaired) electrons. The number of nitrogens with zero attached hydrogens (tertiary/aromatic N) is 2. The Morgan fingerprint density at radius 2 is 1.54 bits per heavy atom. The lowest BCUT2D eigenvalue weighted by molar-refractivity contribution is 0.481. The van der Waals surface area contributed by atoms with Crippen molar-refractivity contribution in [2.45, 2.75) is 27.3 Å². The SMILES string of the molecule is CCn1ccs/c1=N\P(=S)(Oc1ccccc1C)Oc1ccccc1C. The Labute approximate surface area is 163 Å². The normalized spacial score (nSPS) is 12.2. The molecule has 0 aliphatic rings. The van der Waals surface area contributed by atoms with Crippen LogP contribution in [0.4, 0.5) is 0 Å². The minimum atomic E-state index is -3.00. The van der Waals surface area contributed by atoms with E-state index in [1.807, 2.05) is 78.5 Å². The van der Waals surface area contributed by atoms with Gasteiger partial charge < -0.3 is 13.6 Å². The van der Waals surface area contributed by atoms with Crippen molar-refractivity contribution in [2.24, 2.45) is 4.76 Å². The molecule has 7 heteroatoms. The van der Waals surface area contributed by atoms with Crippen LogP contribution in [0.1, 0.15) is 18.1 Å².